The third kappa shape index (κ3) is 2.47. The summed E-state index contributed by atoms with van der Waals surface area (Å²) < 4.78 is 1.08. The normalized spacial score (nSPS) is 11.9. The Morgan fingerprint density at radius 1 is 1.47 bits per heavy atom. The van der Waals surface area contributed by atoms with Gasteiger partial charge in [-0.05, 0) is 6.92 Å². The van der Waals surface area contributed by atoms with E-state index in [-0.39, 0.29) is 17.4 Å². The zero-order valence-corrected chi connectivity index (χ0v) is 9.83. The number of likely N-dealkylation sites (N-methyl/N-ethyl adjacent to an activating group) is 1. The lowest BCUT2D eigenvalue weighted by atomic mass is 10.3. The lowest BCUT2D eigenvalue weighted by Gasteiger charge is -2.15. The Balaban J connectivity index is 3.16. The summed E-state index contributed by atoms with van der Waals surface area (Å²) in [6.07, 6.45) is 0. The van der Waals surface area contributed by atoms with Crippen molar-refractivity contribution in [2.75, 3.05) is 18.1 Å². The van der Waals surface area contributed by atoms with Gasteiger partial charge in [-0.1, -0.05) is 0 Å². The molecule has 1 rings (SSSR count). The molecule has 0 saturated heterocycles. The molecule has 8 heteroatoms. The number of aromatic nitrogens is 2. The number of hydrogen-bond donors (Lipinski definition) is 4. The smallest absolute Gasteiger partial charge is 0.329 e. The summed E-state index contributed by atoms with van der Waals surface area (Å²) in [5.74, 6) is -0.313. The van der Waals surface area contributed by atoms with Gasteiger partial charge in [-0.2, -0.15) is 0 Å². The van der Waals surface area contributed by atoms with E-state index in [0.717, 1.165) is 4.57 Å². The molecule has 0 aromatic carbocycles. The van der Waals surface area contributed by atoms with Crippen LogP contribution in [0.2, 0.25) is 0 Å². The zero-order valence-electron chi connectivity index (χ0n) is 9.83. The highest BCUT2D eigenvalue weighted by atomic mass is 16.2. The fraction of sp³-hybridized carbons (Fsp3) is 0.444. The van der Waals surface area contributed by atoms with Crippen LogP contribution in [0.1, 0.15) is 6.92 Å². The van der Waals surface area contributed by atoms with Gasteiger partial charge in [0.1, 0.15) is 17.5 Å². The van der Waals surface area contributed by atoms with Crippen molar-refractivity contribution in [1.82, 2.24) is 14.9 Å². The predicted molar refractivity (Wildman–Crippen MR) is 63.9 cm³/mol. The Bertz CT molecular complexity index is 545. The number of amides is 1. The van der Waals surface area contributed by atoms with Gasteiger partial charge in [0.15, 0.2) is 0 Å². The van der Waals surface area contributed by atoms with Crippen molar-refractivity contribution < 1.29 is 4.79 Å². The summed E-state index contributed by atoms with van der Waals surface area (Å²) in [5, 5.41) is 5.08. The minimum Gasteiger partial charge on any atom is -0.383 e. The molecule has 0 spiro atoms. The molecule has 1 heterocycles. The first-order valence-electron chi connectivity index (χ1n) is 4.95. The maximum atomic E-state index is 11.5. The van der Waals surface area contributed by atoms with Gasteiger partial charge >= 0.3 is 5.69 Å². The summed E-state index contributed by atoms with van der Waals surface area (Å²) >= 11 is 0. The number of nitrogens with zero attached hydrogens (tertiary/aromatic N) is 1. The van der Waals surface area contributed by atoms with Gasteiger partial charge in [-0.25, -0.2) is 4.79 Å². The molecule has 94 valence electrons. The van der Waals surface area contributed by atoms with E-state index < -0.39 is 17.3 Å². The first-order chi connectivity index (χ1) is 7.88. The molecular formula is C9H15N5O3. The number of nitrogens with one attached hydrogen (secondary N) is 3. The summed E-state index contributed by atoms with van der Waals surface area (Å²) in [7, 11) is 2.90. The molecule has 0 aliphatic carbocycles. The molecule has 5 N–H and O–H groups in total. The topological polar surface area (TPSA) is 122 Å². The SMILES string of the molecule is CNC(=O)C(C)Nc1c(N)n(C)c(=O)[nH]c1=O. The Morgan fingerprint density at radius 2 is 2.06 bits per heavy atom. The molecule has 0 fully saturated rings. The number of rotatable bonds is 3. The molecule has 0 bridgehead atoms. The molecule has 0 saturated carbocycles. The van der Waals surface area contributed by atoms with Crippen LogP contribution < -0.4 is 27.6 Å². The molecule has 8 nitrogen and oxygen atoms in total. The number of carbonyl (C=O) groups excluding carboxylic acids is 1. The van der Waals surface area contributed by atoms with Crippen molar-refractivity contribution in [1.29, 1.82) is 0 Å². The van der Waals surface area contributed by atoms with Crippen molar-refractivity contribution in [3.63, 3.8) is 0 Å². The zero-order chi connectivity index (χ0) is 13.2. The van der Waals surface area contributed by atoms with Gasteiger partial charge in [0.25, 0.3) is 5.56 Å². The second-order valence-electron chi connectivity index (χ2n) is 3.56. The number of hydrogen-bond acceptors (Lipinski definition) is 5. The first-order valence-corrected chi connectivity index (χ1v) is 4.95. The van der Waals surface area contributed by atoms with Crippen LogP contribution in [0.4, 0.5) is 11.5 Å². The molecule has 1 amide bonds. The third-order valence-electron chi connectivity index (χ3n) is 2.37. The Hall–Kier alpha value is -2.25. The summed E-state index contributed by atoms with van der Waals surface area (Å²) in [5.41, 5.74) is 4.37. The maximum Gasteiger partial charge on any atom is 0.329 e. The maximum absolute atomic E-state index is 11.5. The van der Waals surface area contributed by atoms with Gasteiger partial charge in [0, 0.05) is 14.1 Å². The van der Waals surface area contributed by atoms with E-state index in [4.69, 9.17) is 5.73 Å². The van der Waals surface area contributed by atoms with Crippen molar-refractivity contribution in [3.05, 3.63) is 20.8 Å². The molecule has 0 radical (unpaired) electrons. The summed E-state index contributed by atoms with van der Waals surface area (Å²) in [4.78, 5) is 36.1. The van der Waals surface area contributed by atoms with Gasteiger partial charge in [-0.3, -0.25) is 19.1 Å². The lowest BCUT2D eigenvalue weighted by molar-refractivity contribution is -0.121. The minimum absolute atomic E-state index is 0.00296. The average molecular weight is 241 g/mol. The van der Waals surface area contributed by atoms with E-state index in [9.17, 15) is 14.4 Å². The third-order valence-corrected chi connectivity index (χ3v) is 2.37. The molecule has 1 atom stereocenters. The monoisotopic (exact) mass is 241 g/mol. The van der Waals surface area contributed by atoms with Crippen molar-refractivity contribution in [2.45, 2.75) is 13.0 Å². The van der Waals surface area contributed by atoms with Crippen LogP contribution in [0.15, 0.2) is 9.59 Å². The summed E-state index contributed by atoms with van der Waals surface area (Å²) in [6, 6.07) is -0.638. The molecule has 1 aromatic rings. The van der Waals surface area contributed by atoms with E-state index >= 15 is 0 Å². The number of aromatic amines is 1. The Labute approximate surface area is 96.8 Å². The second-order valence-corrected chi connectivity index (χ2v) is 3.56. The van der Waals surface area contributed by atoms with Crippen LogP contribution in [0.25, 0.3) is 0 Å². The summed E-state index contributed by atoms with van der Waals surface area (Å²) in [6.45, 7) is 1.57. The lowest BCUT2D eigenvalue weighted by Crippen LogP contribution is -2.39. The number of anilines is 2. The Morgan fingerprint density at radius 3 is 2.59 bits per heavy atom. The highest BCUT2D eigenvalue weighted by molar-refractivity contribution is 5.84. The van der Waals surface area contributed by atoms with E-state index in [1.54, 1.807) is 6.92 Å². The highest BCUT2D eigenvalue weighted by Crippen LogP contribution is 2.09. The molecule has 1 aromatic heterocycles. The van der Waals surface area contributed by atoms with Crippen molar-refractivity contribution in [2.24, 2.45) is 7.05 Å². The van der Waals surface area contributed by atoms with Crippen LogP contribution in [-0.2, 0) is 11.8 Å². The van der Waals surface area contributed by atoms with Crippen LogP contribution in [0.5, 0.6) is 0 Å². The molecule has 0 aliphatic heterocycles. The number of nitrogens with two attached hydrogens (primary N) is 1. The van der Waals surface area contributed by atoms with Crippen LogP contribution in [0, 0.1) is 0 Å². The highest BCUT2D eigenvalue weighted by Gasteiger charge is 2.16. The fourth-order valence-electron chi connectivity index (χ4n) is 1.27. The number of carbonyl (C=O) groups is 1. The predicted octanol–water partition coefficient (Wildman–Crippen LogP) is -1.80. The van der Waals surface area contributed by atoms with Gasteiger partial charge in [-0.15, -0.1) is 0 Å². The number of nitrogen functional groups attached to an aromatic ring is 1. The average Bonchev–Trinajstić information content (AvgIpc) is 2.30. The molecular weight excluding hydrogens is 226 g/mol. The Kier molecular flexibility index (Phi) is 3.56. The standard InChI is InChI=1S/C9H15N5O3/c1-4(7(15)11-2)12-5-6(10)14(3)9(17)13-8(5)16/h4,12H,10H2,1-3H3,(H,11,15)(H,13,16,17). The molecule has 1 unspecified atom stereocenters. The largest absolute Gasteiger partial charge is 0.383 e. The van der Waals surface area contributed by atoms with Crippen molar-refractivity contribution >= 4 is 17.4 Å². The van der Waals surface area contributed by atoms with E-state index in [1.165, 1.54) is 14.1 Å². The van der Waals surface area contributed by atoms with Crippen LogP contribution >= 0.6 is 0 Å². The van der Waals surface area contributed by atoms with Gasteiger partial charge in [0.2, 0.25) is 5.91 Å². The van der Waals surface area contributed by atoms with Gasteiger partial charge < -0.3 is 16.4 Å². The molecule has 0 aliphatic rings. The quantitative estimate of drug-likeness (QED) is 0.497. The van der Waals surface area contributed by atoms with E-state index in [2.05, 4.69) is 15.6 Å². The van der Waals surface area contributed by atoms with Crippen molar-refractivity contribution in [3.8, 4) is 0 Å². The van der Waals surface area contributed by atoms with Crippen LogP contribution in [-0.4, -0.2) is 28.5 Å². The first kappa shape index (κ1) is 12.8. The van der Waals surface area contributed by atoms with E-state index in [0.29, 0.717) is 0 Å². The fourth-order valence-corrected chi connectivity index (χ4v) is 1.27. The molecule has 17 heavy (non-hydrogen) atoms. The second kappa shape index (κ2) is 4.73. The van der Waals surface area contributed by atoms with E-state index in [1.807, 2.05) is 0 Å². The van der Waals surface area contributed by atoms with Crippen LogP contribution in [0.3, 0.4) is 0 Å². The van der Waals surface area contributed by atoms with Gasteiger partial charge in [0.05, 0.1) is 0 Å². The minimum atomic E-state index is -0.652. The number of H-pyrrole nitrogens is 1.